The van der Waals surface area contributed by atoms with Crippen molar-refractivity contribution in [2.24, 2.45) is 0 Å². The highest BCUT2D eigenvalue weighted by Crippen LogP contribution is 2.35. The zero-order valence-corrected chi connectivity index (χ0v) is 17.9. The molecule has 2 heterocycles. The number of hydrogen-bond acceptors (Lipinski definition) is 6. The minimum atomic E-state index is -0.512. The summed E-state index contributed by atoms with van der Waals surface area (Å²) in [6.07, 6.45) is 1.02. The Hall–Kier alpha value is -3.13. The van der Waals surface area contributed by atoms with Gasteiger partial charge in [-0.2, -0.15) is 4.98 Å². The standard InChI is InChI=1S/C22H21ClFN3O4/c1-3-8-30-18-7-4-13(9-19(18)29-2)21-25-22(31-26-21)14-10-20(28)27(12-14)17-11-15(23)5-6-16(17)24/h4-7,9,11,14H,3,8,10,12H2,1-2H3. The van der Waals surface area contributed by atoms with Gasteiger partial charge >= 0.3 is 0 Å². The summed E-state index contributed by atoms with van der Waals surface area (Å²) in [5.74, 6) is 0.801. The molecule has 31 heavy (non-hydrogen) atoms. The maximum Gasteiger partial charge on any atom is 0.232 e. The molecule has 9 heteroatoms. The third kappa shape index (κ3) is 4.34. The molecule has 0 radical (unpaired) electrons. The zero-order chi connectivity index (χ0) is 22.0. The smallest absolute Gasteiger partial charge is 0.232 e. The van der Waals surface area contributed by atoms with Gasteiger partial charge in [0.1, 0.15) is 5.82 Å². The van der Waals surface area contributed by atoms with Crippen LogP contribution in [-0.2, 0) is 4.79 Å². The van der Waals surface area contributed by atoms with Crippen molar-refractivity contribution >= 4 is 23.2 Å². The van der Waals surface area contributed by atoms with Gasteiger partial charge in [-0.05, 0) is 42.8 Å². The number of carbonyl (C=O) groups excluding carboxylic acids is 1. The van der Waals surface area contributed by atoms with Crippen LogP contribution in [0.1, 0.15) is 31.6 Å². The summed E-state index contributed by atoms with van der Waals surface area (Å²) >= 11 is 5.97. The quantitative estimate of drug-likeness (QED) is 0.517. The highest BCUT2D eigenvalue weighted by atomic mass is 35.5. The molecule has 1 aliphatic heterocycles. The topological polar surface area (TPSA) is 77.7 Å². The second kappa shape index (κ2) is 8.93. The second-order valence-corrected chi connectivity index (χ2v) is 7.61. The summed E-state index contributed by atoms with van der Waals surface area (Å²) in [6, 6.07) is 9.50. The second-order valence-electron chi connectivity index (χ2n) is 7.17. The number of hydrogen-bond donors (Lipinski definition) is 0. The first-order chi connectivity index (χ1) is 15.0. The van der Waals surface area contributed by atoms with Crippen molar-refractivity contribution in [3.63, 3.8) is 0 Å². The molecule has 1 atom stereocenters. The van der Waals surface area contributed by atoms with Crippen molar-refractivity contribution in [3.8, 4) is 22.9 Å². The Bertz CT molecular complexity index is 1100. The van der Waals surface area contributed by atoms with Crippen molar-refractivity contribution in [1.82, 2.24) is 10.1 Å². The monoisotopic (exact) mass is 445 g/mol. The van der Waals surface area contributed by atoms with Gasteiger partial charge in [-0.3, -0.25) is 4.79 Å². The van der Waals surface area contributed by atoms with Crippen LogP contribution in [0.4, 0.5) is 10.1 Å². The van der Waals surface area contributed by atoms with E-state index in [1.54, 1.807) is 19.2 Å². The SMILES string of the molecule is CCCOc1ccc(-c2noc(C3CC(=O)N(c4cc(Cl)ccc4F)C3)n2)cc1OC. The van der Waals surface area contributed by atoms with Gasteiger partial charge in [-0.1, -0.05) is 23.7 Å². The molecule has 0 aliphatic carbocycles. The maximum absolute atomic E-state index is 14.2. The number of rotatable bonds is 7. The average molecular weight is 446 g/mol. The van der Waals surface area contributed by atoms with Crippen molar-refractivity contribution in [2.75, 3.05) is 25.2 Å². The molecule has 2 aromatic carbocycles. The molecule has 1 aromatic heterocycles. The molecule has 1 amide bonds. The van der Waals surface area contributed by atoms with Gasteiger partial charge < -0.3 is 18.9 Å². The van der Waals surface area contributed by atoms with E-state index in [9.17, 15) is 9.18 Å². The number of nitrogens with zero attached hydrogens (tertiary/aromatic N) is 3. The number of amides is 1. The number of benzene rings is 2. The molecule has 1 fully saturated rings. The minimum absolute atomic E-state index is 0.140. The third-order valence-electron chi connectivity index (χ3n) is 5.00. The lowest BCUT2D eigenvalue weighted by atomic mass is 10.1. The van der Waals surface area contributed by atoms with E-state index in [-0.39, 0.29) is 30.5 Å². The van der Waals surface area contributed by atoms with Crippen LogP contribution in [0.15, 0.2) is 40.9 Å². The predicted octanol–water partition coefficient (Wildman–Crippen LogP) is 4.85. The lowest BCUT2D eigenvalue weighted by Crippen LogP contribution is -2.25. The number of halogens is 2. The Morgan fingerprint density at radius 2 is 2.10 bits per heavy atom. The van der Waals surface area contributed by atoms with E-state index < -0.39 is 5.82 Å². The van der Waals surface area contributed by atoms with Crippen LogP contribution in [-0.4, -0.2) is 36.3 Å². The Labute approximate surface area is 183 Å². The molecule has 3 aromatic rings. The molecule has 0 spiro atoms. The van der Waals surface area contributed by atoms with Gasteiger partial charge in [0, 0.05) is 23.6 Å². The first kappa shape index (κ1) is 21.1. The number of ether oxygens (including phenoxy) is 2. The summed E-state index contributed by atoms with van der Waals surface area (Å²) in [5, 5.41) is 4.40. The fraction of sp³-hybridized carbons (Fsp3) is 0.318. The number of anilines is 1. The van der Waals surface area contributed by atoms with Crippen LogP contribution in [0.5, 0.6) is 11.5 Å². The van der Waals surface area contributed by atoms with Gasteiger partial charge in [-0.25, -0.2) is 4.39 Å². The predicted molar refractivity (Wildman–Crippen MR) is 113 cm³/mol. The number of carbonyl (C=O) groups is 1. The fourth-order valence-electron chi connectivity index (χ4n) is 3.45. The Morgan fingerprint density at radius 3 is 2.87 bits per heavy atom. The van der Waals surface area contributed by atoms with Crippen molar-refractivity contribution in [2.45, 2.75) is 25.7 Å². The van der Waals surface area contributed by atoms with Crippen molar-refractivity contribution in [3.05, 3.63) is 53.1 Å². The van der Waals surface area contributed by atoms with Crippen LogP contribution in [0.3, 0.4) is 0 Å². The summed E-state index contributed by atoms with van der Waals surface area (Å²) in [6.45, 7) is 2.84. The Kier molecular flexibility index (Phi) is 6.08. The highest BCUT2D eigenvalue weighted by molar-refractivity contribution is 6.31. The molecule has 162 valence electrons. The zero-order valence-electron chi connectivity index (χ0n) is 17.1. The van der Waals surface area contributed by atoms with E-state index in [0.717, 1.165) is 6.42 Å². The first-order valence-corrected chi connectivity index (χ1v) is 10.3. The summed E-state index contributed by atoms with van der Waals surface area (Å²) < 4.78 is 30.7. The lowest BCUT2D eigenvalue weighted by molar-refractivity contribution is -0.117. The largest absolute Gasteiger partial charge is 0.493 e. The minimum Gasteiger partial charge on any atom is -0.493 e. The van der Waals surface area contributed by atoms with E-state index in [4.69, 9.17) is 25.6 Å². The number of methoxy groups -OCH3 is 1. The summed E-state index contributed by atoms with van der Waals surface area (Å²) in [4.78, 5) is 18.3. The molecular weight excluding hydrogens is 425 g/mol. The van der Waals surface area contributed by atoms with Crippen LogP contribution < -0.4 is 14.4 Å². The highest BCUT2D eigenvalue weighted by Gasteiger charge is 2.36. The first-order valence-electron chi connectivity index (χ1n) is 9.90. The van der Waals surface area contributed by atoms with E-state index >= 15 is 0 Å². The van der Waals surface area contributed by atoms with Crippen LogP contribution in [0, 0.1) is 5.82 Å². The molecule has 7 nitrogen and oxygen atoms in total. The van der Waals surface area contributed by atoms with Crippen molar-refractivity contribution in [1.29, 1.82) is 0 Å². The van der Waals surface area contributed by atoms with E-state index in [1.807, 2.05) is 13.0 Å². The lowest BCUT2D eigenvalue weighted by Gasteiger charge is -2.17. The van der Waals surface area contributed by atoms with E-state index in [2.05, 4.69) is 10.1 Å². The van der Waals surface area contributed by atoms with Gasteiger partial charge in [0.25, 0.3) is 0 Å². The maximum atomic E-state index is 14.2. The molecule has 4 rings (SSSR count). The molecule has 0 saturated carbocycles. The summed E-state index contributed by atoms with van der Waals surface area (Å²) in [5.41, 5.74) is 0.838. The van der Waals surface area contributed by atoms with Crippen molar-refractivity contribution < 1.29 is 23.2 Å². The Balaban J connectivity index is 1.54. The summed E-state index contributed by atoms with van der Waals surface area (Å²) in [7, 11) is 1.56. The molecule has 0 bridgehead atoms. The third-order valence-corrected chi connectivity index (χ3v) is 5.23. The normalized spacial score (nSPS) is 16.1. The Morgan fingerprint density at radius 1 is 1.26 bits per heavy atom. The van der Waals surface area contributed by atoms with Crippen LogP contribution >= 0.6 is 11.6 Å². The van der Waals surface area contributed by atoms with Gasteiger partial charge in [0.2, 0.25) is 17.6 Å². The molecule has 1 saturated heterocycles. The molecule has 1 unspecified atom stereocenters. The molecular formula is C22H21ClFN3O4. The van der Waals surface area contributed by atoms with Gasteiger partial charge in [0.15, 0.2) is 11.5 Å². The van der Waals surface area contributed by atoms with E-state index in [1.165, 1.54) is 23.1 Å². The fourth-order valence-corrected chi connectivity index (χ4v) is 3.62. The number of aromatic nitrogens is 2. The molecule has 0 N–H and O–H groups in total. The van der Waals surface area contributed by atoms with Gasteiger partial charge in [0.05, 0.1) is 25.3 Å². The van der Waals surface area contributed by atoms with Crippen LogP contribution in [0.2, 0.25) is 5.02 Å². The molecule has 1 aliphatic rings. The average Bonchev–Trinajstić information content (AvgIpc) is 3.41. The van der Waals surface area contributed by atoms with Crippen LogP contribution in [0.25, 0.3) is 11.4 Å². The van der Waals surface area contributed by atoms with Gasteiger partial charge in [-0.15, -0.1) is 0 Å². The van der Waals surface area contributed by atoms with E-state index in [0.29, 0.717) is 40.4 Å².